The molecule has 7 nitrogen and oxygen atoms in total. The average molecular weight is 458 g/mol. The zero-order valence-electron chi connectivity index (χ0n) is 20.2. The maximum Gasteiger partial charge on any atom is 0.416 e. The average Bonchev–Trinajstić information content (AvgIpc) is 3.47. The number of anilines is 1. The van der Waals surface area contributed by atoms with Gasteiger partial charge in [-0.1, -0.05) is 42.0 Å². The molecule has 0 saturated carbocycles. The van der Waals surface area contributed by atoms with Crippen molar-refractivity contribution in [3.8, 4) is 28.5 Å². The summed E-state index contributed by atoms with van der Waals surface area (Å²) in [5.74, 6) is 0.835. The van der Waals surface area contributed by atoms with Gasteiger partial charge < -0.3 is 10.1 Å². The Morgan fingerprint density at radius 1 is 1.15 bits per heavy atom. The normalized spacial score (nSPS) is 15.7. The number of hydrogen-bond donors (Lipinski definition) is 2. The minimum Gasteiger partial charge on any atom is -0.443 e. The van der Waals surface area contributed by atoms with Gasteiger partial charge in [-0.05, 0) is 70.8 Å². The molecule has 176 valence electrons. The molecule has 2 aromatic carbocycles. The van der Waals surface area contributed by atoms with Crippen molar-refractivity contribution in [2.24, 2.45) is 5.92 Å². The molecule has 1 aliphatic rings. The molecule has 1 atom stereocenters. The van der Waals surface area contributed by atoms with E-state index in [9.17, 15) is 10.1 Å². The van der Waals surface area contributed by atoms with Gasteiger partial charge in [-0.3, -0.25) is 10.00 Å². The number of amides is 1. The van der Waals surface area contributed by atoms with E-state index in [1.165, 1.54) is 0 Å². The molecule has 2 N–H and O–H groups in total. The lowest BCUT2D eigenvalue weighted by Gasteiger charge is -2.28. The van der Waals surface area contributed by atoms with Gasteiger partial charge in [-0.15, -0.1) is 0 Å². The summed E-state index contributed by atoms with van der Waals surface area (Å²) < 4.78 is 5.79. The molecule has 0 unspecified atom stereocenters. The molecule has 1 saturated heterocycles. The van der Waals surface area contributed by atoms with Crippen LogP contribution in [0.2, 0.25) is 0 Å². The number of rotatable bonds is 5. The number of aromatic nitrogens is 2. The zero-order chi connectivity index (χ0) is 24.3. The number of benzene rings is 2. The highest BCUT2D eigenvalue weighted by atomic mass is 16.6. The third kappa shape index (κ3) is 5.29. The van der Waals surface area contributed by atoms with E-state index in [2.05, 4.69) is 21.6 Å². The summed E-state index contributed by atoms with van der Waals surface area (Å²) in [5.41, 5.74) is 4.57. The summed E-state index contributed by atoms with van der Waals surface area (Å²) in [5, 5.41) is 20.5. The second-order valence-corrected chi connectivity index (χ2v) is 9.80. The van der Waals surface area contributed by atoms with Crippen LogP contribution in [0, 0.1) is 24.2 Å². The molecule has 0 spiro atoms. The van der Waals surface area contributed by atoms with Crippen LogP contribution in [0.4, 0.5) is 10.6 Å². The van der Waals surface area contributed by atoms with Crippen LogP contribution < -0.4 is 10.2 Å². The van der Waals surface area contributed by atoms with Crippen LogP contribution in [0.15, 0.2) is 48.5 Å². The van der Waals surface area contributed by atoms with Gasteiger partial charge in [0.1, 0.15) is 5.60 Å². The van der Waals surface area contributed by atoms with Crippen molar-refractivity contribution in [2.75, 3.05) is 24.5 Å². The van der Waals surface area contributed by atoms with Crippen molar-refractivity contribution in [2.45, 2.75) is 39.7 Å². The predicted octanol–water partition coefficient (Wildman–Crippen LogP) is 5.27. The summed E-state index contributed by atoms with van der Waals surface area (Å²) in [7, 11) is 0. The van der Waals surface area contributed by atoms with Gasteiger partial charge in [0.15, 0.2) is 5.82 Å². The van der Waals surface area contributed by atoms with Gasteiger partial charge in [0.2, 0.25) is 0 Å². The third-order valence-electron chi connectivity index (χ3n) is 5.86. The van der Waals surface area contributed by atoms with E-state index in [-0.39, 0.29) is 0 Å². The molecular formula is C27H31N5O2. The number of H-pyrrole nitrogens is 1. The Morgan fingerprint density at radius 3 is 2.41 bits per heavy atom. The molecule has 0 radical (unpaired) electrons. The molecule has 0 bridgehead atoms. The highest BCUT2D eigenvalue weighted by molar-refractivity contribution is 5.97. The zero-order valence-corrected chi connectivity index (χ0v) is 20.2. The van der Waals surface area contributed by atoms with Crippen LogP contribution in [-0.4, -0.2) is 41.5 Å². The Labute approximate surface area is 200 Å². The van der Waals surface area contributed by atoms with E-state index >= 15 is 0 Å². The Morgan fingerprint density at radius 2 is 1.82 bits per heavy atom. The Hall–Kier alpha value is -3.63. The number of carbonyl (C=O) groups is 1. The van der Waals surface area contributed by atoms with Crippen molar-refractivity contribution in [1.82, 2.24) is 15.5 Å². The first kappa shape index (κ1) is 23.5. The van der Waals surface area contributed by atoms with Crippen LogP contribution in [0.25, 0.3) is 22.4 Å². The Bertz CT molecular complexity index is 1180. The fraction of sp³-hybridized carbons (Fsp3) is 0.370. The van der Waals surface area contributed by atoms with E-state index in [1.807, 2.05) is 64.1 Å². The minimum atomic E-state index is -0.631. The van der Waals surface area contributed by atoms with Crippen LogP contribution in [-0.2, 0) is 4.74 Å². The number of ether oxygens (including phenoxy) is 1. The van der Waals surface area contributed by atoms with Crippen molar-refractivity contribution in [3.05, 3.63) is 59.7 Å². The van der Waals surface area contributed by atoms with E-state index in [4.69, 9.17) is 4.74 Å². The quantitative estimate of drug-likeness (QED) is 0.544. The van der Waals surface area contributed by atoms with Crippen molar-refractivity contribution in [1.29, 1.82) is 5.26 Å². The Kier molecular flexibility index (Phi) is 6.71. The summed E-state index contributed by atoms with van der Waals surface area (Å²) >= 11 is 0. The van der Waals surface area contributed by atoms with Gasteiger partial charge in [0, 0.05) is 12.1 Å². The van der Waals surface area contributed by atoms with Gasteiger partial charge in [-0.25, -0.2) is 4.79 Å². The number of nitriles is 1. The van der Waals surface area contributed by atoms with E-state index in [1.54, 1.807) is 17.0 Å². The fourth-order valence-corrected chi connectivity index (χ4v) is 4.13. The molecule has 3 aromatic rings. The first-order valence-electron chi connectivity index (χ1n) is 11.6. The lowest BCUT2D eigenvalue weighted by Crippen LogP contribution is -2.40. The van der Waals surface area contributed by atoms with Crippen molar-refractivity contribution >= 4 is 11.9 Å². The third-order valence-corrected chi connectivity index (χ3v) is 5.86. The van der Waals surface area contributed by atoms with Crippen LogP contribution in [0.3, 0.4) is 0 Å². The fourth-order valence-electron chi connectivity index (χ4n) is 4.13. The van der Waals surface area contributed by atoms with Gasteiger partial charge >= 0.3 is 6.09 Å². The van der Waals surface area contributed by atoms with Crippen LogP contribution in [0.5, 0.6) is 0 Å². The second-order valence-electron chi connectivity index (χ2n) is 9.80. The predicted molar refractivity (Wildman–Crippen MR) is 133 cm³/mol. The number of nitrogens with zero attached hydrogens (tertiary/aromatic N) is 3. The maximum atomic E-state index is 13.4. The van der Waals surface area contributed by atoms with Crippen molar-refractivity contribution in [3.63, 3.8) is 0 Å². The van der Waals surface area contributed by atoms with Gasteiger partial charge in [0.25, 0.3) is 0 Å². The molecule has 1 aliphatic heterocycles. The molecule has 1 fully saturated rings. The lowest BCUT2D eigenvalue weighted by atomic mass is 9.98. The number of nitrogens with one attached hydrogen (secondary N) is 2. The van der Waals surface area contributed by atoms with E-state index < -0.39 is 11.7 Å². The topological polar surface area (TPSA) is 94.0 Å². The summed E-state index contributed by atoms with van der Waals surface area (Å²) in [6, 6.07) is 17.7. The van der Waals surface area contributed by atoms with Crippen LogP contribution in [0.1, 0.15) is 38.3 Å². The highest BCUT2D eigenvalue weighted by Crippen LogP contribution is 2.39. The van der Waals surface area contributed by atoms with Gasteiger partial charge in [0.05, 0.1) is 22.9 Å². The molecule has 1 aromatic heterocycles. The molecule has 2 heterocycles. The number of carbonyl (C=O) groups excluding carboxylic acids is 1. The standard InChI is InChI=1S/C27H31N5O2/c1-18-5-9-22(10-6-18)24-23(21-11-7-19(15-28)8-12-21)25(31-30-24)32(17-20-13-14-29-16-20)26(33)34-27(2,3)4/h5-12,20,29H,13-14,16-17H2,1-4H3,(H,30,31)/t20-/m1/s1. The Balaban J connectivity index is 1.84. The largest absolute Gasteiger partial charge is 0.443 e. The monoisotopic (exact) mass is 457 g/mol. The van der Waals surface area contributed by atoms with Crippen molar-refractivity contribution < 1.29 is 9.53 Å². The SMILES string of the molecule is Cc1ccc(-c2[nH]nc(N(C[C@@H]3CCNC3)C(=O)OC(C)(C)C)c2-c2ccc(C#N)cc2)cc1. The molecular weight excluding hydrogens is 426 g/mol. The number of aryl methyl sites for hydroxylation is 1. The van der Waals surface area contributed by atoms with E-state index in [0.29, 0.717) is 23.8 Å². The second kappa shape index (κ2) is 9.70. The molecule has 7 heteroatoms. The molecule has 4 rings (SSSR count). The van der Waals surface area contributed by atoms with Gasteiger partial charge in [-0.2, -0.15) is 10.4 Å². The van der Waals surface area contributed by atoms with E-state index in [0.717, 1.165) is 47.5 Å². The summed E-state index contributed by atoms with van der Waals surface area (Å²) in [6.07, 6.45) is 0.567. The smallest absolute Gasteiger partial charge is 0.416 e. The number of hydrogen-bond acceptors (Lipinski definition) is 5. The summed E-state index contributed by atoms with van der Waals surface area (Å²) in [4.78, 5) is 15.1. The first-order valence-corrected chi connectivity index (χ1v) is 11.6. The summed E-state index contributed by atoms with van der Waals surface area (Å²) in [6.45, 7) is 9.93. The lowest BCUT2D eigenvalue weighted by molar-refractivity contribution is 0.0574. The highest BCUT2D eigenvalue weighted by Gasteiger charge is 2.32. The number of aromatic amines is 1. The van der Waals surface area contributed by atoms with Crippen LogP contribution >= 0.6 is 0 Å². The molecule has 1 amide bonds. The minimum absolute atomic E-state index is 0.306. The first-order chi connectivity index (χ1) is 16.2. The molecule has 34 heavy (non-hydrogen) atoms. The molecule has 0 aliphatic carbocycles. The maximum absolute atomic E-state index is 13.4.